The van der Waals surface area contributed by atoms with E-state index in [4.69, 9.17) is 17.3 Å². The number of anilines is 1. The summed E-state index contributed by atoms with van der Waals surface area (Å²) in [6, 6.07) is 14.0. The van der Waals surface area contributed by atoms with Gasteiger partial charge in [-0.1, -0.05) is 35.9 Å². The third kappa shape index (κ3) is 2.08. The van der Waals surface area contributed by atoms with E-state index < -0.39 is 0 Å². The van der Waals surface area contributed by atoms with E-state index in [1.54, 1.807) is 0 Å². The molecule has 0 radical (unpaired) electrons. The summed E-state index contributed by atoms with van der Waals surface area (Å²) in [4.78, 5) is 0. The quantitative estimate of drug-likeness (QED) is 0.694. The number of fused-ring (bicyclic) bond motifs is 1. The van der Waals surface area contributed by atoms with E-state index in [0.717, 1.165) is 16.3 Å². The lowest BCUT2D eigenvalue weighted by Gasteiger charge is -2.10. The fourth-order valence-electron chi connectivity index (χ4n) is 2.47. The van der Waals surface area contributed by atoms with Crippen molar-refractivity contribution in [2.75, 3.05) is 5.73 Å². The SMILES string of the molecule is Cc1cn(Cc2c(N)cccc2Cl)c2ccccc12. The maximum absolute atomic E-state index is 6.24. The second-order valence-corrected chi connectivity index (χ2v) is 5.17. The number of benzene rings is 2. The molecule has 0 aliphatic carbocycles. The Labute approximate surface area is 117 Å². The van der Waals surface area contributed by atoms with Crippen molar-refractivity contribution < 1.29 is 0 Å². The van der Waals surface area contributed by atoms with E-state index in [0.29, 0.717) is 6.54 Å². The van der Waals surface area contributed by atoms with Gasteiger partial charge in [-0.05, 0) is 30.7 Å². The summed E-state index contributed by atoms with van der Waals surface area (Å²) < 4.78 is 2.20. The largest absolute Gasteiger partial charge is 0.398 e. The molecule has 0 unspecified atom stereocenters. The maximum Gasteiger partial charge on any atom is 0.0511 e. The Bertz CT molecular complexity index is 723. The van der Waals surface area contributed by atoms with Crippen LogP contribution < -0.4 is 5.73 Å². The van der Waals surface area contributed by atoms with Crippen LogP contribution in [0.4, 0.5) is 5.69 Å². The summed E-state index contributed by atoms with van der Waals surface area (Å²) in [5.41, 5.74) is 10.2. The Balaban J connectivity index is 2.11. The molecular formula is C16H15ClN2. The van der Waals surface area contributed by atoms with Gasteiger partial charge in [0.15, 0.2) is 0 Å². The lowest BCUT2D eigenvalue weighted by atomic mass is 10.1. The van der Waals surface area contributed by atoms with E-state index in [9.17, 15) is 0 Å². The molecule has 19 heavy (non-hydrogen) atoms. The number of aromatic nitrogens is 1. The van der Waals surface area contributed by atoms with Gasteiger partial charge in [0.2, 0.25) is 0 Å². The van der Waals surface area contributed by atoms with Crippen molar-refractivity contribution >= 4 is 28.2 Å². The molecule has 0 saturated carbocycles. The second kappa shape index (κ2) is 4.63. The van der Waals surface area contributed by atoms with Crippen molar-refractivity contribution in [2.24, 2.45) is 0 Å². The highest BCUT2D eigenvalue weighted by molar-refractivity contribution is 6.31. The molecule has 0 atom stereocenters. The van der Waals surface area contributed by atoms with Crippen LogP contribution in [0.2, 0.25) is 5.02 Å². The Morgan fingerprint density at radius 3 is 2.68 bits per heavy atom. The van der Waals surface area contributed by atoms with Gasteiger partial charge in [-0.2, -0.15) is 0 Å². The molecule has 0 fully saturated rings. The van der Waals surface area contributed by atoms with Crippen molar-refractivity contribution in [3.63, 3.8) is 0 Å². The van der Waals surface area contributed by atoms with Crippen LogP contribution >= 0.6 is 11.6 Å². The lowest BCUT2D eigenvalue weighted by Crippen LogP contribution is -2.02. The minimum absolute atomic E-state index is 0.694. The molecule has 1 heterocycles. The molecule has 1 aromatic heterocycles. The summed E-state index contributed by atoms with van der Waals surface area (Å²) in [5, 5.41) is 1.99. The van der Waals surface area contributed by atoms with Crippen molar-refractivity contribution in [3.8, 4) is 0 Å². The van der Waals surface area contributed by atoms with Crippen molar-refractivity contribution in [1.29, 1.82) is 0 Å². The molecule has 2 N–H and O–H groups in total. The number of hydrogen-bond acceptors (Lipinski definition) is 1. The summed E-state index contributed by atoms with van der Waals surface area (Å²) in [6.45, 7) is 2.81. The smallest absolute Gasteiger partial charge is 0.0511 e. The van der Waals surface area contributed by atoms with Crippen LogP contribution in [0.1, 0.15) is 11.1 Å². The number of halogens is 1. The minimum atomic E-state index is 0.694. The fourth-order valence-corrected chi connectivity index (χ4v) is 2.72. The van der Waals surface area contributed by atoms with E-state index in [-0.39, 0.29) is 0 Å². The molecule has 2 aromatic carbocycles. The van der Waals surface area contributed by atoms with Gasteiger partial charge in [0.25, 0.3) is 0 Å². The molecule has 3 heteroatoms. The predicted molar refractivity (Wildman–Crippen MR) is 81.6 cm³/mol. The van der Waals surface area contributed by atoms with Gasteiger partial charge in [0, 0.05) is 33.4 Å². The molecule has 3 aromatic rings. The number of nitrogens with two attached hydrogens (primary N) is 1. The highest BCUT2D eigenvalue weighted by Crippen LogP contribution is 2.26. The van der Waals surface area contributed by atoms with Gasteiger partial charge < -0.3 is 10.3 Å². The average Bonchev–Trinajstić information content (AvgIpc) is 2.72. The molecule has 0 amide bonds. The first-order valence-electron chi connectivity index (χ1n) is 6.24. The Morgan fingerprint density at radius 1 is 1.11 bits per heavy atom. The third-order valence-corrected chi connectivity index (χ3v) is 3.83. The standard InChI is InChI=1S/C16H15ClN2/c1-11-9-19(16-8-3-2-5-12(11)16)10-13-14(17)6-4-7-15(13)18/h2-9H,10,18H2,1H3. The van der Waals surface area contributed by atoms with Crippen molar-refractivity contribution in [3.05, 3.63) is 64.8 Å². The summed E-state index contributed by atoms with van der Waals surface area (Å²) in [7, 11) is 0. The van der Waals surface area contributed by atoms with Crippen LogP contribution in [0.3, 0.4) is 0 Å². The Kier molecular flexibility index (Phi) is 2.96. The van der Waals surface area contributed by atoms with Crippen molar-refractivity contribution in [1.82, 2.24) is 4.57 Å². The highest BCUT2D eigenvalue weighted by Gasteiger charge is 2.09. The number of rotatable bonds is 2. The van der Waals surface area contributed by atoms with Crippen LogP contribution in [0.5, 0.6) is 0 Å². The number of hydrogen-bond donors (Lipinski definition) is 1. The van der Waals surface area contributed by atoms with Crippen molar-refractivity contribution in [2.45, 2.75) is 13.5 Å². The number of aryl methyl sites for hydroxylation is 1. The zero-order valence-corrected chi connectivity index (χ0v) is 11.5. The lowest BCUT2D eigenvalue weighted by molar-refractivity contribution is 0.836. The van der Waals surface area contributed by atoms with Crippen LogP contribution in [0.25, 0.3) is 10.9 Å². The van der Waals surface area contributed by atoms with Crippen LogP contribution in [0, 0.1) is 6.92 Å². The molecule has 2 nitrogen and oxygen atoms in total. The van der Waals surface area contributed by atoms with E-state index in [2.05, 4.69) is 35.9 Å². The number of nitrogens with zero attached hydrogens (tertiary/aromatic N) is 1. The van der Waals surface area contributed by atoms with Gasteiger partial charge in [-0.15, -0.1) is 0 Å². The summed E-state index contributed by atoms with van der Waals surface area (Å²) in [5.74, 6) is 0. The first kappa shape index (κ1) is 12.1. The van der Waals surface area contributed by atoms with Gasteiger partial charge in [-0.25, -0.2) is 0 Å². The van der Waals surface area contributed by atoms with Gasteiger partial charge in [-0.3, -0.25) is 0 Å². The van der Waals surface area contributed by atoms with Crippen LogP contribution in [0.15, 0.2) is 48.7 Å². The van der Waals surface area contributed by atoms with E-state index in [1.165, 1.54) is 16.5 Å². The summed E-state index contributed by atoms with van der Waals surface area (Å²) >= 11 is 6.24. The molecule has 0 aliphatic rings. The normalized spacial score (nSPS) is 11.1. The molecule has 0 bridgehead atoms. The average molecular weight is 271 g/mol. The molecule has 0 aliphatic heterocycles. The zero-order chi connectivity index (χ0) is 13.4. The third-order valence-electron chi connectivity index (χ3n) is 3.47. The van der Waals surface area contributed by atoms with E-state index >= 15 is 0 Å². The monoisotopic (exact) mass is 270 g/mol. The second-order valence-electron chi connectivity index (χ2n) is 4.76. The molecule has 3 rings (SSSR count). The van der Waals surface area contributed by atoms with Crippen LogP contribution in [-0.4, -0.2) is 4.57 Å². The molecule has 0 saturated heterocycles. The predicted octanol–water partition coefficient (Wildman–Crippen LogP) is 4.23. The Morgan fingerprint density at radius 2 is 1.89 bits per heavy atom. The summed E-state index contributed by atoms with van der Waals surface area (Å²) in [6.07, 6.45) is 2.15. The van der Waals surface area contributed by atoms with E-state index in [1.807, 2.05) is 24.3 Å². The molecular weight excluding hydrogens is 256 g/mol. The van der Waals surface area contributed by atoms with Crippen LogP contribution in [-0.2, 0) is 6.54 Å². The molecule has 0 spiro atoms. The molecule has 96 valence electrons. The fraction of sp³-hybridized carbons (Fsp3) is 0.125. The zero-order valence-electron chi connectivity index (χ0n) is 10.7. The minimum Gasteiger partial charge on any atom is -0.398 e. The van der Waals surface area contributed by atoms with Gasteiger partial charge >= 0.3 is 0 Å². The van der Waals surface area contributed by atoms with Gasteiger partial charge in [0.1, 0.15) is 0 Å². The first-order chi connectivity index (χ1) is 9.16. The number of para-hydroxylation sites is 1. The first-order valence-corrected chi connectivity index (χ1v) is 6.62. The van der Waals surface area contributed by atoms with Gasteiger partial charge in [0.05, 0.1) is 6.54 Å². The Hall–Kier alpha value is -1.93. The topological polar surface area (TPSA) is 30.9 Å². The highest BCUT2D eigenvalue weighted by atomic mass is 35.5. The number of nitrogen functional groups attached to an aromatic ring is 1. The maximum atomic E-state index is 6.24.